The fourth-order valence-corrected chi connectivity index (χ4v) is 3.99. The molecular formula is C14H23N3O3S. The molecule has 21 heavy (non-hydrogen) atoms. The SMILES string of the molecule is Cc1ccc(S(=O)(=O)N2CCCN(CCO)CC2)cc1N. The number of sulfonamides is 1. The van der Waals surface area contributed by atoms with Gasteiger partial charge >= 0.3 is 0 Å². The van der Waals surface area contributed by atoms with Crippen molar-refractivity contribution in [2.75, 3.05) is 45.1 Å². The molecule has 0 aliphatic carbocycles. The van der Waals surface area contributed by atoms with Crippen molar-refractivity contribution < 1.29 is 13.5 Å². The van der Waals surface area contributed by atoms with E-state index >= 15 is 0 Å². The van der Waals surface area contributed by atoms with Crippen molar-refractivity contribution in [1.29, 1.82) is 0 Å². The quantitative estimate of drug-likeness (QED) is 0.779. The topological polar surface area (TPSA) is 86.9 Å². The van der Waals surface area contributed by atoms with Gasteiger partial charge in [-0.15, -0.1) is 0 Å². The Kier molecular flexibility index (Phi) is 5.21. The number of hydrogen-bond donors (Lipinski definition) is 2. The molecule has 118 valence electrons. The van der Waals surface area contributed by atoms with Crippen molar-refractivity contribution in [2.24, 2.45) is 0 Å². The first-order valence-electron chi connectivity index (χ1n) is 7.14. The van der Waals surface area contributed by atoms with Gasteiger partial charge in [-0.05, 0) is 37.6 Å². The van der Waals surface area contributed by atoms with Crippen molar-refractivity contribution in [2.45, 2.75) is 18.2 Å². The summed E-state index contributed by atoms with van der Waals surface area (Å²) in [7, 11) is -3.50. The van der Waals surface area contributed by atoms with Crippen LogP contribution in [0.2, 0.25) is 0 Å². The van der Waals surface area contributed by atoms with E-state index in [2.05, 4.69) is 4.90 Å². The van der Waals surface area contributed by atoms with Crippen LogP contribution < -0.4 is 5.73 Å². The predicted octanol–water partition coefficient (Wildman–Crippen LogP) is 0.266. The molecule has 1 aromatic rings. The molecule has 1 aliphatic heterocycles. The van der Waals surface area contributed by atoms with Gasteiger partial charge in [0.25, 0.3) is 0 Å². The first-order valence-corrected chi connectivity index (χ1v) is 8.58. The fraction of sp³-hybridized carbons (Fsp3) is 0.571. The molecule has 0 aromatic heterocycles. The predicted molar refractivity (Wildman–Crippen MR) is 82.5 cm³/mol. The first-order chi connectivity index (χ1) is 9.95. The summed E-state index contributed by atoms with van der Waals surface area (Å²) >= 11 is 0. The molecule has 1 aliphatic rings. The lowest BCUT2D eigenvalue weighted by Crippen LogP contribution is -2.36. The summed E-state index contributed by atoms with van der Waals surface area (Å²) < 4.78 is 26.8. The number of nitrogens with two attached hydrogens (primary N) is 1. The average Bonchev–Trinajstić information content (AvgIpc) is 2.68. The molecule has 1 heterocycles. The van der Waals surface area contributed by atoms with Crippen molar-refractivity contribution in [3.8, 4) is 0 Å². The number of rotatable bonds is 4. The lowest BCUT2D eigenvalue weighted by molar-refractivity contribution is 0.202. The van der Waals surface area contributed by atoms with Crippen LogP contribution in [-0.2, 0) is 10.0 Å². The molecule has 0 bridgehead atoms. The average molecular weight is 313 g/mol. The Balaban J connectivity index is 2.17. The van der Waals surface area contributed by atoms with Crippen LogP contribution in [0.3, 0.4) is 0 Å². The molecule has 3 N–H and O–H groups in total. The molecule has 6 nitrogen and oxygen atoms in total. The van der Waals surface area contributed by atoms with E-state index in [-0.39, 0.29) is 11.5 Å². The van der Waals surface area contributed by atoms with Gasteiger partial charge in [0.15, 0.2) is 0 Å². The molecule has 0 atom stereocenters. The normalized spacial score (nSPS) is 18.6. The largest absolute Gasteiger partial charge is 0.398 e. The van der Waals surface area contributed by atoms with Crippen LogP contribution in [0.4, 0.5) is 5.69 Å². The smallest absolute Gasteiger partial charge is 0.243 e. The van der Waals surface area contributed by atoms with Crippen molar-refractivity contribution in [3.63, 3.8) is 0 Å². The second-order valence-corrected chi connectivity index (χ2v) is 7.28. The van der Waals surface area contributed by atoms with Gasteiger partial charge in [-0.3, -0.25) is 4.90 Å². The van der Waals surface area contributed by atoms with Crippen LogP contribution in [-0.4, -0.2) is 62.1 Å². The lowest BCUT2D eigenvalue weighted by atomic mass is 10.2. The zero-order chi connectivity index (χ0) is 15.5. The summed E-state index contributed by atoms with van der Waals surface area (Å²) in [5.74, 6) is 0. The van der Waals surface area contributed by atoms with Crippen LogP contribution in [0.15, 0.2) is 23.1 Å². The Hall–Kier alpha value is -1.15. The highest BCUT2D eigenvalue weighted by atomic mass is 32.2. The van der Waals surface area contributed by atoms with Crippen LogP contribution in [0.25, 0.3) is 0 Å². The van der Waals surface area contributed by atoms with Crippen molar-refractivity contribution in [3.05, 3.63) is 23.8 Å². The second-order valence-electron chi connectivity index (χ2n) is 5.34. The fourth-order valence-electron chi connectivity index (χ4n) is 2.48. The van der Waals surface area contributed by atoms with E-state index < -0.39 is 10.0 Å². The number of aliphatic hydroxyl groups is 1. The summed E-state index contributed by atoms with van der Waals surface area (Å²) in [5, 5.41) is 8.98. The minimum absolute atomic E-state index is 0.0985. The number of hydrogen-bond acceptors (Lipinski definition) is 5. The minimum atomic E-state index is -3.50. The summed E-state index contributed by atoms with van der Waals surface area (Å²) in [6.07, 6.45) is 0.764. The second kappa shape index (κ2) is 6.74. The number of benzene rings is 1. The third-order valence-corrected chi connectivity index (χ3v) is 5.75. The molecule has 1 fully saturated rings. The van der Waals surface area contributed by atoms with Gasteiger partial charge < -0.3 is 10.8 Å². The Labute approximate surface area is 126 Å². The monoisotopic (exact) mass is 313 g/mol. The van der Waals surface area contributed by atoms with E-state index in [1.165, 1.54) is 10.4 Å². The van der Waals surface area contributed by atoms with Crippen LogP contribution in [0.5, 0.6) is 0 Å². The highest BCUT2D eigenvalue weighted by molar-refractivity contribution is 7.89. The number of aliphatic hydroxyl groups excluding tert-OH is 1. The Bertz CT molecular complexity index is 589. The van der Waals surface area contributed by atoms with Gasteiger partial charge in [0.2, 0.25) is 10.0 Å². The lowest BCUT2D eigenvalue weighted by Gasteiger charge is -2.21. The third kappa shape index (κ3) is 3.74. The molecule has 0 radical (unpaired) electrons. The summed E-state index contributed by atoms with van der Waals surface area (Å²) in [4.78, 5) is 2.33. The number of anilines is 1. The van der Waals surface area contributed by atoms with E-state index in [1.807, 2.05) is 6.92 Å². The number of nitrogens with zero attached hydrogens (tertiary/aromatic N) is 2. The molecule has 1 aromatic carbocycles. The maximum atomic E-state index is 12.7. The molecule has 1 saturated heterocycles. The van der Waals surface area contributed by atoms with Gasteiger partial charge in [0, 0.05) is 31.9 Å². The molecular weight excluding hydrogens is 290 g/mol. The summed E-state index contributed by atoms with van der Waals surface area (Å²) in [5.41, 5.74) is 7.19. The summed E-state index contributed by atoms with van der Waals surface area (Å²) in [6.45, 7) is 4.93. The highest BCUT2D eigenvalue weighted by Crippen LogP contribution is 2.21. The van der Waals surface area contributed by atoms with E-state index in [1.54, 1.807) is 12.1 Å². The molecule has 2 rings (SSSR count). The molecule has 0 amide bonds. The first kappa shape index (κ1) is 16.2. The summed E-state index contributed by atoms with van der Waals surface area (Å²) in [6, 6.07) is 4.87. The molecule has 0 unspecified atom stereocenters. The maximum absolute atomic E-state index is 12.7. The number of β-amino-alcohol motifs (C(OH)–C–C–N with tert-alkyl or cyclic N) is 1. The van der Waals surface area contributed by atoms with Crippen molar-refractivity contribution in [1.82, 2.24) is 9.21 Å². The molecule has 0 spiro atoms. The highest BCUT2D eigenvalue weighted by Gasteiger charge is 2.27. The van der Waals surface area contributed by atoms with E-state index in [0.29, 0.717) is 31.9 Å². The zero-order valence-electron chi connectivity index (χ0n) is 12.3. The maximum Gasteiger partial charge on any atom is 0.243 e. The van der Waals surface area contributed by atoms with Crippen LogP contribution in [0.1, 0.15) is 12.0 Å². The van der Waals surface area contributed by atoms with E-state index in [0.717, 1.165) is 18.5 Å². The van der Waals surface area contributed by atoms with E-state index in [4.69, 9.17) is 10.8 Å². The van der Waals surface area contributed by atoms with Gasteiger partial charge in [-0.25, -0.2) is 8.42 Å². The number of nitrogen functional groups attached to an aromatic ring is 1. The standard InChI is InChI=1S/C14H23N3O3S/c1-12-3-4-13(11-14(12)15)21(19,20)17-6-2-5-16(7-8-17)9-10-18/h3-4,11,18H,2,5-10,15H2,1H3. The number of aryl methyl sites for hydroxylation is 1. The van der Waals surface area contributed by atoms with Gasteiger partial charge in [0.05, 0.1) is 11.5 Å². The Morgan fingerprint density at radius 3 is 2.67 bits per heavy atom. The van der Waals surface area contributed by atoms with Crippen LogP contribution in [0, 0.1) is 6.92 Å². The molecule has 0 saturated carbocycles. The molecule has 7 heteroatoms. The van der Waals surface area contributed by atoms with E-state index in [9.17, 15) is 8.42 Å². The minimum Gasteiger partial charge on any atom is -0.398 e. The van der Waals surface area contributed by atoms with Crippen LogP contribution >= 0.6 is 0 Å². The Morgan fingerprint density at radius 1 is 1.24 bits per heavy atom. The van der Waals surface area contributed by atoms with Crippen molar-refractivity contribution >= 4 is 15.7 Å². The van der Waals surface area contributed by atoms with Gasteiger partial charge in [0.1, 0.15) is 0 Å². The van der Waals surface area contributed by atoms with Gasteiger partial charge in [-0.2, -0.15) is 4.31 Å². The van der Waals surface area contributed by atoms with Gasteiger partial charge in [-0.1, -0.05) is 6.07 Å². The Morgan fingerprint density at radius 2 is 2.00 bits per heavy atom. The third-order valence-electron chi connectivity index (χ3n) is 3.85. The zero-order valence-corrected chi connectivity index (χ0v) is 13.1.